The summed E-state index contributed by atoms with van der Waals surface area (Å²) in [5.41, 5.74) is 2.03. The Morgan fingerprint density at radius 2 is 2.04 bits per heavy atom. The molecule has 2 aliphatic rings. The van der Waals surface area contributed by atoms with Crippen molar-refractivity contribution in [2.24, 2.45) is 0 Å². The standard InChI is InChI=1S/C19H19BrN6O2/c1-11-8-12(20)2-5-15(11)26-9-14-17(23-26)21-19(22-18(14)28)24-6-7-25(13-3-4-13)16(27)10-24/h2,5,8-9,13H,3-4,6-7,10H2,1H3,(H,21,22,23,28). The molecule has 2 aromatic heterocycles. The van der Waals surface area contributed by atoms with Crippen LogP contribution in [0.1, 0.15) is 18.4 Å². The molecule has 144 valence electrons. The van der Waals surface area contributed by atoms with Crippen molar-refractivity contribution in [3.8, 4) is 5.69 Å². The number of piperazine rings is 1. The minimum absolute atomic E-state index is 0.0903. The van der Waals surface area contributed by atoms with Crippen molar-refractivity contribution in [2.75, 3.05) is 24.5 Å². The summed E-state index contributed by atoms with van der Waals surface area (Å²) < 4.78 is 2.66. The zero-order chi connectivity index (χ0) is 19.4. The van der Waals surface area contributed by atoms with Crippen molar-refractivity contribution in [3.05, 3.63) is 44.8 Å². The summed E-state index contributed by atoms with van der Waals surface area (Å²) in [6, 6.07) is 6.28. The highest BCUT2D eigenvalue weighted by Gasteiger charge is 2.36. The second-order valence-electron chi connectivity index (χ2n) is 7.37. The molecule has 5 rings (SSSR count). The molecule has 8 nitrogen and oxygen atoms in total. The molecule has 1 aliphatic carbocycles. The number of fused-ring (bicyclic) bond motifs is 1. The number of hydrogen-bond acceptors (Lipinski definition) is 5. The summed E-state index contributed by atoms with van der Waals surface area (Å²) in [4.78, 5) is 36.1. The lowest BCUT2D eigenvalue weighted by molar-refractivity contribution is -0.131. The number of H-pyrrole nitrogens is 1. The molecule has 0 spiro atoms. The largest absolute Gasteiger partial charge is 0.336 e. The molecule has 9 heteroatoms. The number of carbonyl (C=O) groups is 1. The second kappa shape index (κ2) is 6.44. The number of aromatic nitrogens is 4. The fraction of sp³-hybridized carbons (Fsp3) is 0.368. The lowest BCUT2D eigenvalue weighted by atomic mass is 10.2. The van der Waals surface area contributed by atoms with E-state index in [1.165, 1.54) is 0 Å². The summed E-state index contributed by atoms with van der Waals surface area (Å²) in [6.45, 7) is 3.54. The van der Waals surface area contributed by atoms with Crippen LogP contribution in [0.3, 0.4) is 0 Å². The van der Waals surface area contributed by atoms with Gasteiger partial charge in [-0.2, -0.15) is 4.98 Å². The molecule has 2 fully saturated rings. The SMILES string of the molecule is Cc1cc(Br)ccc1-n1cc2c(=O)[nH]c(N3CCN(C4CC4)C(=O)C3)nc2n1. The van der Waals surface area contributed by atoms with Crippen LogP contribution in [0, 0.1) is 6.92 Å². The zero-order valence-corrected chi connectivity index (χ0v) is 16.9. The van der Waals surface area contributed by atoms with Gasteiger partial charge in [-0.15, -0.1) is 5.10 Å². The van der Waals surface area contributed by atoms with E-state index in [2.05, 4.69) is 31.0 Å². The number of benzene rings is 1. The highest BCUT2D eigenvalue weighted by atomic mass is 79.9. The van der Waals surface area contributed by atoms with Crippen LogP contribution in [-0.2, 0) is 4.79 Å². The average molecular weight is 443 g/mol. The fourth-order valence-corrected chi connectivity index (χ4v) is 4.17. The van der Waals surface area contributed by atoms with Crippen LogP contribution >= 0.6 is 15.9 Å². The van der Waals surface area contributed by atoms with Crippen LogP contribution in [0.25, 0.3) is 16.7 Å². The first-order chi connectivity index (χ1) is 13.5. The number of halogens is 1. The molecule has 28 heavy (non-hydrogen) atoms. The number of carbonyl (C=O) groups excluding carboxylic acids is 1. The van der Waals surface area contributed by atoms with Gasteiger partial charge in [-0.25, -0.2) is 4.68 Å². The number of hydrogen-bond donors (Lipinski definition) is 1. The number of aromatic amines is 1. The number of amides is 1. The Labute approximate surface area is 169 Å². The number of nitrogens with one attached hydrogen (secondary N) is 1. The molecule has 3 heterocycles. The van der Waals surface area contributed by atoms with Crippen LogP contribution in [0.5, 0.6) is 0 Å². The third kappa shape index (κ3) is 2.99. The Morgan fingerprint density at radius 1 is 1.21 bits per heavy atom. The molecule has 0 radical (unpaired) electrons. The van der Waals surface area contributed by atoms with Crippen molar-refractivity contribution in [3.63, 3.8) is 0 Å². The van der Waals surface area contributed by atoms with Gasteiger partial charge in [-0.1, -0.05) is 15.9 Å². The van der Waals surface area contributed by atoms with Gasteiger partial charge >= 0.3 is 0 Å². The molecule has 3 aromatic rings. The normalized spacial score (nSPS) is 17.6. The van der Waals surface area contributed by atoms with Crippen LogP contribution < -0.4 is 10.5 Å². The summed E-state index contributed by atoms with van der Waals surface area (Å²) >= 11 is 3.46. The fourth-order valence-electron chi connectivity index (χ4n) is 3.69. The maximum absolute atomic E-state index is 12.6. The van der Waals surface area contributed by atoms with Crippen LogP contribution in [-0.4, -0.2) is 56.2 Å². The van der Waals surface area contributed by atoms with E-state index in [9.17, 15) is 9.59 Å². The first kappa shape index (κ1) is 17.4. The van der Waals surface area contributed by atoms with E-state index < -0.39 is 0 Å². The zero-order valence-electron chi connectivity index (χ0n) is 15.4. The van der Waals surface area contributed by atoms with Gasteiger partial charge in [0.2, 0.25) is 11.9 Å². The summed E-state index contributed by atoms with van der Waals surface area (Å²) in [7, 11) is 0. The van der Waals surface area contributed by atoms with Gasteiger partial charge < -0.3 is 9.80 Å². The summed E-state index contributed by atoms with van der Waals surface area (Å²) in [5, 5.41) is 4.94. The summed E-state index contributed by atoms with van der Waals surface area (Å²) in [6.07, 6.45) is 3.89. The quantitative estimate of drug-likeness (QED) is 0.669. The molecule has 1 saturated carbocycles. The van der Waals surface area contributed by atoms with Crippen molar-refractivity contribution >= 4 is 38.8 Å². The molecule has 1 amide bonds. The molecule has 1 N–H and O–H groups in total. The van der Waals surface area contributed by atoms with Crippen LogP contribution in [0.15, 0.2) is 33.7 Å². The number of aryl methyl sites for hydroxylation is 1. The predicted octanol–water partition coefficient (Wildman–Crippen LogP) is 1.99. The maximum Gasteiger partial charge on any atom is 0.263 e. The lowest BCUT2D eigenvalue weighted by Crippen LogP contribution is -2.51. The summed E-state index contributed by atoms with van der Waals surface area (Å²) in [5.74, 6) is 0.492. The topological polar surface area (TPSA) is 87.1 Å². The highest BCUT2D eigenvalue weighted by molar-refractivity contribution is 9.10. The number of nitrogens with zero attached hydrogens (tertiary/aromatic N) is 5. The first-order valence-electron chi connectivity index (χ1n) is 9.30. The lowest BCUT2D eigenvalue weighted by Gasteiger charge is -2.34. The molecular formula is C19H19BrN6O2. The molecule has 1 aromatic carbocycles. The average Bonchev–Trinajstić information content (AvgIpc) is 3.40. The van der Waals surface area contributed by atoms with Gasteiger partial charge in [-0.05, 0) is 43.5 Å². The Hall–Kier alpha value is -2.68. The van der Waals surface area contributed by atoms with Crippen molar-refractivity contribution < 1.29 is 4.79 Å². The Bertz CT molecular complexity index is 1150. The van der Waals surface area contributed by atoms with E-state index in [4.69, 9.17) is 0 Å². The van der Waals surface area contributed by atoms with Gasteiger partial charge in [0.05, 0.1) is 12.2 Å². The molecule has 1 saturated heterocycles. The van der Waals surface area contributed by atoms with Gasteiger partial charge in [0.1, 0.15) is 5.39 Å². The van der Waals surface area contributed by atoms with Crippen LogP contribution in [0.2, 0.25) is 0 Å². The Morgan fingerprint density at radius 3 is 2.75 bits per heavy atom. The van der Waals surface area contributed by atoms with Gasteiger partial charge in [0.15, 0.2) is 5.65 Å². The van der Waals surface area contributed by atoms with Crippen LogP contribution in [0.4, 0.5) is 5.95 Å². The van der Waals surface area contributed by atoms with E-state index in [0.717, 1.165) is 28.6 Å². The highest BCUT2D eigenvalue weighted by Crippen LogP contribution is 2.28. The minimum Gasteiger partial charge on any atom is -0.336 e. The van der Waals surface area contributed by atoms with Gasteiger partial charge in [0.25, 0.3) is 5.56 Å². The number of rotatable bonds is 3. The van der Waals surface area contributed by atoms with Crippen molar-refractivity contribution in [1.82, 2.24) is 24.6 Å². The molecule has 0 unspecified atom stereocenters. The third-order valence-electron chi connectivity index (χ3n) is 5.33. The smallest absolute Gasteiger partial charge is 0.263 e. The van der Waals surface area contributed by atoms with Crippen molar-refractivity contribution in [1.29, 1.82) is 0 Å². The minimum atomic E-state index is -0.252. The Balaban J connectivity index is 1.49. The molecular weight excluding hydrogens is 424 g/mol. The molecule has 0 atom stereocenters. The monoisotopic (exact) mass is 442 g/mol. The van der Waals surface area contributed by atoms with E-state index in [0.29, 0.717) is 36.1 Å². The molecule has 1 aliphatic heterocycles. The van der Waals surface area contributed by atoms with E-state index >= 15 is 0 Å². The first-order valence-corrected chi connectivity index (χ1v) is 10.1. The van der Waals surface area contributed by atoms with Gasteiger partial charge in [0, 0.05) is 29.8 Å². The second-order valence-corrected chi connectivity index (χ2v) is 8.29. The molecule has 0 bridgehead atoms. The maximum atomic E-state index is 12.6. The van der Waals surface area contributed by atoms with E-state index in [-0.39, 0.29) is 18.0 Å². The number of anilines is 1. The van der Waals surface area contributed by atoms with E-state index in [1.54, 1.807) is 10.9 Å². The third-order valence-corrected chi connectivity index (χ3v) is 5.82. The van der Waals surface area contributed by atoms with Crippen molar-refractivity contribution in [2.45, 2.75) is 25.8 Å². The predicted molar refractivity (Wildman–Crippen MR) is 109 cm³/mol. The Kier molecular flexibility index (Phi) is 4.01. The van der Waals surface area contributed by atoms with E-state index in [1.807, 2.05) is 34.9 Å². The van der Waals surface area contributed by atoms with Gasteiger partial charge in [-0.3, -0.25) is 14.6 Å².